The lowest BCUT2D eigenvalue weighted by Gasteiger charge is -2.21. The van der Waals surface area contributed by atoms with Crippen LogP contribution >= 0.6 is 24.0 Å². The Morgan fingerprint density at radius 1 is 1.21 bits per heavy atom. The smallest absolute Gasteiger partial charge is 0.193 e. The monoisotopic (exact) mass is 505 g/mol. The molecule has 0 amide bonds. The maximum atomic E-state index is 14.0. The summed E-state index contributed by atoms with van der Waals surface area (Å²) in [5.41, 5.74) is 2.91. The van der Waals surface area contributed by atoms with Gasteiger partial charge in [0.15, 0.2) is 5.96 Å². The van der Waals surface area contributed by atoms with E-state index in [4.69, 9.17) is 0 Å². The second-order valence-electron chi connectivity index (χ2n) is 7.15. The van der Waals surface area contributed by atoms with Crippen molar-refractivity contribution in [2.24, 2.45) is 4.99 Å². The number of hydrogen-bond acceptors (Lipinski definition) is 2. The molecule has 1 aliphatic rings. The summed E-state index contributed by atoms with van der Waals surface area (Å²) < 4.78 is 15.9. The van der Waals surface area contributed by atoms with Crippen molar-refractivity contribution in [3.8, 4) is 5.69 Å². The molecule has 1 fully saturated rings. The third-order valence-corrected chi connectivity index (χ3v) is 5.06. The molecule has 7 heteroatoms. The zero-order chi connectivity index (χ0) is 19.5. The second-order valence-corrected chi connectivity index (χ2v) is 7.15. The van der Waals surface area contributed by atoms with Crippen LogP contribution in [0, 0.1) is 5.82 Å². The summed E-state index contributed by atoms with van der Waals surface area (Å²) in [5.74, 6) is 0.872. The molecule has 0 aliphatic heterocycles. The molecule has 152 valence electrons. The van der Waals surface area contributed by atoms with Crippen molar-refractivity contribution < 1.29 is 4.39 Å². The van der Waals surface area contributed by atoms with E-state index in [1.165, 1.54) is 6.07 Å². The quantitative estimate of drug-likeness (QED) is 0.322. The Morgan fingerprint density at radius 3 is 2.66 bits per heavy atom. The standard InChI is InChI=1S/C22H24FN5.HI/c1-24-22(26-21-12-19(21)18-10-6-7-11-20(18)23)27(2)14-16-13-25-28(15-16)17-8-4-3-5-9-17;/h3-11,13,15,19,21H,12,14H2,1-2H3,(H,24,26);1H. The molecule has 2 aromatic carbocycles. The van der Waals surface area contributed by atoms with Crippen LogP contribution in [0.2, 0.25) is 0 Å². The first-order chi connectivity index (χ1) is 13.7. The fraction of sp³-hybridized carbons (Fsp3) is 0.273. The van der Waals surface area contributed by atoms with Crippen molar-refractivity contribution in [3.63, 3.8) is 0 Å². The number of aliphatic imine (C=N–C) groups is 1. The van der Waals surface area contributed by atoms with Crippen LogP contribution in [0.4, 0.5) is 4.39 Å². The minimum atomic E-state index is -0.131. The predicted molar refractivity (Wildman–Crippen MR) is 124 cm³/mol. The van der Waals surface area contributed by atoms with Gasteiger partial charge in [0.1, 0.15) is 5.82 Å². The third kappa shape index (κ3) is 4.95. The molecule has 1 saturated carbocycles. The van der Waals surface area contributed by atoms with Gasteiger partial charge in [-0.25, -0.2) is 9.07 Å². The second kappa shape index (κ2) is 9.39. The van der Waals surface area contributed by atoms with Gasteiger partial charge in [0.2, 0.25) is 0 Å². The topological polar surface area (TPSA) is 45.5 Å². The maximum Gasteiger partial charge on any atom is 0.193 e. The summed E-state index contributed by atoms with van der Waals surface area (Å²) in [6.07, 6.45) is 4.81. The van der Waals surface area contributed by atoms with Gasteiger partial charge in [-0.2, -0.15) is 5.10 Å². The summed E-state index contributed by atoms with van der Waals surface area (Å²) in [5, 5.41) is 7.90. The molecule has 1 aliphatic carbocycles. The molecule has 0 spiro atoms. The molecule has 5 nitrogen and oxygen atoms in total. The largest absolute Gasteiger partial charge is 0.353 e. The van der Waals surface area contributed by atoms with Crippen molar-refractivity contribution >= 4 is 29.9 Å². The average molecular weight is 505 g/mol. The first kappa shape index (κ1) is 21.3. The minimum Gasteiger partial charge on any atom is -0.353 e. The number of hydrogen-bond donors (Lipinski definition) is 1. The molecule has 3 aromatic rings. The van der Waals surface area contributed by atoms with Gasteiger partial charge >= 0.3 is 0 Å². The number of guanidine groups is 1. The third-order valence-electron chi connectivity index (χ3n) is 5.06. The lowest BCUT2D eigenvalue weighted by Crippen LogP contribution is -2.40. The van der Waals surface area contributed by atoms with Gasteiger partial charge < -0.3 is 10.2 Å². The van der Waals surface area contributed by atoms with Gasteiger partial charge in [-0.05, 0) is 30.2 Å². The molecule has 29 heavy (non-hydrogen) atoms. The summed E-state index contributed by atoms with van der Waals surface area (Å²) in [6.45, 7) is 0.684. The van der Waals surface area contributed by atoms with Crippen LogP contribution < -0.4 is 5.32 Å². The van der Waals surface area contributed by atoms with Crippen LogP contribution in [-0.4, -0.2) is 40.8 Å². The fourth-order valence-corrected chi connectivity index (χ4v) is 3.50. The Labute approximate surface area is 187 Å². The zero-order valence-corrected chi connectivity index (χ0v) is 18.8. The Hall–Kier alpha value is -2.42. The van der Waals surface area contributed by atoms with E-state index >= 15 is 0 Å². The number of benzene rings is 2. The molecule has 4 rings (SSSR count). The van der Waals surface area contributed by atoms with Crippen LogP contribution in [0.15, 0.2) is 72.0 Å². The van der Waals surface area contributed by atoms with E-state index in [1.54, 1.807) is 13.1 Å². The van der Waals surface area contributed by atoms with Gasteiger partial charge in [-0.15, -0.1) is 24.0 Å². The highest BCUT2D eigenvalue weighted by Crippen LogP contribution is 2.41. The van der Waals surface area contributed by atoms with Gasteiger partial charge in [0, 0.05) is 44.4 Å². The molecule has 0 radical (unpaired) electrons. The highest BCUT2D eigenvalue weighted by atomic mass is 127. The lowest BCUT2D eigenvalue weighted by atomic mass is 10.1. The van der Waals surface area contributed by atoms with Crippen molar-refractivity contribution in [1.29, 1.82) is 0 Å². The fourth-order valence-electron chi connectivity index (χ4n) is 3.50. The normalized spacial score (nSPS) is 18.1. The first-order valence-corrected chi connectivity index (χ1v) is 9.43. The molecular formula is C22H25FIN5. The highest BCUT2D eigenvalue weighted by Gasteiger charge is 2.40. The highest BCUT2D eigenvalue weighted by molar-refractivity contribution is 14.0. The minimum absolute atomic E-state index is 0. The first-order valence-electron chi connectivity index (χ1n) is 9.43. The molecule has 1 aromatic heterocycles. The van der Waals surface area contributed by atoms with Gasteiger partial charge in [-0.3, -0.25) is 4.99 Å². The van der Waals surface area contributed by atoms with E-state index in [2.05, 4.69) is 20.3 Å². The lowest BCUT2D eigenvalue weighted by molar-refractivity contribution is 0.475. The summed E-state index contributed by atoms with van der Waals surface area (Å²) in [7, 11) is 3.77. The van der Waals surface area contributed by atoms with E-state index in [0.717, 1.165) is 29.2 Å². The van der Waals surface area contributed by atoms with Crippen molar-refractivity contribution in [1.82, 2.24) is 20.0 Å². The van der Waals surface area contributed by atoms with E-state index in [1.807, 2.05) is 66.6 Å². The number of nitrogens with one attached hydrogen (secondary N) is 1. The zero-order valence-electron chi connectivity index (χ0n) is 16.5. The molecule has 2 atom stereocenters. The SMILES string of the molecule is CN=C(NC1CC1c1ccccc1F)N(C)Cc1cnn(-c2ccccc2)c1.I. The summed E-state index contributed by atoms with van der Waals surface area (Å²) >= 11 is 0. The van der Waals surface area contributed by atoms with E-state index in [9.17, 15) is 4.39 Å². The Balaban J connectivity index is 0.00000240. The summed E-state index contributed by atoms with van der Waals surface area (Å²) in [4.78, 5) is 6.45. The average Bonchev–Trinajstić information content (AvgIpc) is 3.33. The molecule has 2 unspecified atom stereocenters. The number of para-hydroxylation sites is 1. The number of nitrogens with zero attached hydrogens (tertiary/aromatic N) is 4. The van der Waals surface area contributed by atoms with Gasteiger partial charge in [-0.1, -0.05) is 36.4 Å². The van der Waals surface area contributed by atoms with E-state index in [0.29, 0.717) is 6.54 Å². The molecule has 1 heterocycles. The predicted octanol–water partition coefficient (Wildman–Crippen LogP) is 4.19. The number of halogens is 2. The Bertz CT molecular complexity index is 972. The maximum absolute atomic E-state index is 14.0. The van der Waals surface area contributed by atoms with Gasteiger partial charge in [0.25, 0.3) is 0 Å². The molecular weight excluding hydrogens is 480 g/mol. The molecule has 0 bridgehead atoms. The van der Waals surface area contributed by atoms with Crippen molar-refractivity contribution in [3.05, 3.63) is 83.9 Å². The summed E-state index contributed by atoms with van der Waals surface area (Å²) in [6, 6.07) is 17.3. The van der Waals surface area contributed by atoms with Crippen LogP contribution in [0.1, 0.15) is 23.5 Å². The number of aromatic nitrogens is 2. The van der Waals surface area contributed by atoms with Crippen LogP contribution in [0.25, 0.3) is 5.69 Å². The molecule has 0 saturated heterocycles. The molecule has 1 N–H and O–H groups in total. The van der Waals surface area contributed by atoms with Crippen molar-refractivity contribution in [2.45, 2.75) is 24.9 Å². The van der Waals surface area contributed by atoms with Crippen LogP contribution in [0.3, 0.4) is 0 Å². The van der Waals surface area contributed by atoms with E-state index < -0.39 is 0 Å². The van der Waals surface area contributed by atoms with Gasteiger partial charge in [0.05, 0.1) is 11.9 Å². The van der Waals surface area contributed by atoms with Crippen molar-refractivity contribution in [2.75, 3.05) is 14.1 Å². The van der Waals surface area contributed by atoms with Crippen LogP contribution in [-0.2, 0) is 6.54 Å². The van der Waals surface area contributed by atoms with Crippen LogP contribution in [0.5, 0.6) is 0 Å². The Morgan fingerprint density at radius 2 is 1.93 bits per heavy atom. The van der Waals surface area contributed by atoms with E-state index in [-0.39, 0.29) is 41.8 Å². The Kier molecular flexibility index (Phi) is 6.89. The number of rotatable bonds is 5.